The maximum atomic E-state index is 13.5. The number of carbonyl (C=O) groups is 3. The summed E-state index contributed by atoms with van der Waals surface area (Å²) < 4.78 is 72.7. The molecular weight excluding hydrogens is 592 g/mol. The fourth-order valence-electron chi connectivity index (χ4n) is 4.58. The summed E-state index contributed by atoms with van der Waals surface area (Å²) >= 11 is 0. The number of sulfone groups is 1. The second-order valence-electron chi connectivity index (χ2n) is 9.80. The van der Waals surface area contributed by atoms with Crippen LogP contribution in [0, 0.1) is 5.92 Å². The third kappa shape index (κ3) is 8.78. The van der Waals surface area contributed by atoms with Crippen LogP contribution in [0.15, 0.2) is 52.9 Å². The molecular formula is C28H31F2N3O9S. The van der Waals surface area contributed by atoms with Gasteiger partial charge in [-0.15, -0.1) is 0 Å². The molecule has 1 aliphatic heterocycles. The van der Waals surface area contributed by atoms with Gasteiger partial charge in [0.15, 0.2) is 15.4 Å². The Morgan fingerprint density at radius 2 is 1.77 bits per heavy atom. The molecule has 0 bridgehead atoms. The molecule has 2 amide bonds. The predicted molar refractivity (Wildman–Crippen MR) is 148 cm³/mol. The Bertz CT molecular complexity index is 1510. The van der Waals surface area contributed by atoms with Crippen molar-refractivity contribution in [1.82, 2.24) is 15.2 Å². The zero-order valence-electron chi connectivity index (χ0n) is 23.2. The van der Waals surface area contributed by atoms with Crippen molar-refractivity contribution in [1.29, 1.82) is 0 Å². The first-order chi connectivity index (χ1) is 20.6. The van der Waals surface area contributed by atoms with Gasteiger partial charge in [0.25, 0.3) is 5.89 Å². The maximum absolute atomic E-state index is 13.5. The van der Waals surface area contributed by atoms with Gasteiger partial charge >= 0.3 is 6.61 Å². The molecule has 1 fully saturated rings. The average molecular weight is 624 g/mol. The molecule has 1 saturated heterocycles. The van der Waals surface area contributed by atoms with E-state index >= 15 is 0 Å². The van der Waals surface area contributed by atoms with Crippen molar-refractivity contribution >= 4 is 38.5 Å². The highest BCUT2D eigenvalue weighted by atomic mass is 32.2. The Labute approximate surface area is 246 Å². The van der Waals surface area contributed by atoms with Crippen LogP contribution < -0.4 is 10.1 Å². The van der Waals surface area contributed by atoms with Gasteiger partial charge in [0, 0.05) is 32.2 Å². The van der Waals surface area contributed by atoms with Crippen molar-refractivity contribution in [2.75, 3.05) is 45.8 Å². The number of ether oxygens (including phenoxy) is 3. The molecule has 43 heavy (non-hydrogen) atoms. The van der Waals surface area contributed by atoms with Crippen LogP contribution in [0.5, 0.6) is 5.75 Å². The Kier molecular flexibility index (Phi) is 10.8. The molecule has 0 aliphatic carbocycles. The standard InChI is InChI=1S/C28H31F2N3O9S/c1-39-15-21(25(35)27-32-20-7-3-5-9-23(20)41-27)31-26(36)19(14-24(34)33-10-12-40-13-11-33)17-43(37,38)16-18-6-2-4-8-22(18)42-28(29)30/h2-9,19,21,28H,10-17H2,1H3,(H,31,36). The monoisotopic (exact) mass is 623 g/mol. The van der Waals surface area contributed by atoms with Crippen molar-refractivity contribution < 1.29 is 50.2 Å². The minimum absolute atomic E-state index is 0.0372. The highest BCUT2D eigenvalue weighted by molar-refractivity contribution is 7.90. The van der Waals surface area contributed by atoms with E-state index in [1.807, 2.05) is 0 Å². The number of nitrogens with zero attached hydrogens (tertiary/aromatic N) is 2. The number of hydrogen-bond acceptors (Lipinski definition) is 10. The van der Waals surface area contributed by atoms with E-state index in [4.69, 9.17) is 13.9 Å². The van der Waals surface area contributed by atoms with Crippen LogP contribution in [0.3, 0.4) is 0 Å². The summed E-state index contributed by atoms with van der Waals surface area (Å²) in [4.78, 5) is 45.5. The fraction of sp³-hybridized carbons (Fsp3) is 0.429. The van der Waals surface area contributed by atoms with Crippen LogP contribution in [0.1, 0.15) is 22.7 Å². The van der Waals surface area contributed by atoms with Gasteiger partial charge in [-0.3, -0.25) is 14.4 Å². The second kappa shape index (κ2) is 14.5. The zero-order valence-corrected chi connectivity index (χ0v) is 24.1. The molecule has 1 N–H and O–H groups in total. The molecule has 0 spiro atoms. The number of nitrogens with one attached hydrogen (secondary N) is 1. The van der Waals surface area contributed by atoms with Gasteiger partial charge in [-0.2, -0.15) is 8.78 Å². The van der Waals surface area contributed by atoms with Crippen LogP contribution in [0.2, 0.25) is 0 Å². The number of rotatable bonds is 14. The first-order valence-electron chi connectivity index (χ1n) is 13.3. The summed E-state index contributed by atoms with van der Waals surface area (Å²) in [6, 6.07) is 10.7. The van der Waals surface area contributed by atoms with E-state index in [2.05, 4.69) is 15.0 Å². The first kappa shape index (κ1) is 32.0. The fourth-order valence-corrected chi connectivity index (χ4v) is 6.29. The summed E-state index contributed by atoms with van der Waals surface area (Å²) in [6.45, 7) is -2.36. The number of methoxy groups -OCH3 is 1. The number of carbonyl (C=O) groups excluding carboxylic acids is 3. The number of hydrogen-bond donors (Lipinski definition) is 1. The number of fused-ring (bicyclic) bond motifs is 1. The molecule has 1 aliphatic rings. The van der Waals surface area contributed by atoms with Gasteiger partial charge in [0.05, 0.1) is 37.2 Å². The number of aromatic nitrogens is 1. The van der Waals surface area contributed by atoms with Crippen LogP contribution in [-0.4, -0.2) is 94.3 Å². The summed E-state index contributed by atoms with van der Waals surface area (Å²) in [5, 5.41) is 2.50. The van der Waals surface area contributed by atoms with E-state index in [-0.39, 0.29) is 50.1 Å². The third-order valence-corrected chi connectivity index (χ3v) is 8.31. The Balaban J connectivity index is 1.56. The average Bonchev–Trinajstić information content (AvgIpc) is 3.41. The molecule has 4 rings (SSSR count). The van der Waals surface area contributed by atoms with Gasteiger partial charge in [-0.1, -0.05) is 30.3 Å². The molecule has 2 aromatic carbocycles. The second-order valence-corrected chi connectivity index (χ2v) is 11.9. The lowest BCUT2D eigenvalue weighted by molar-refractivity contribution is -0.139. The molecule has 3 aromatic rings. The number of ketones is 1. The summed E-state index contributed by atoms with van der Waals surface area (Å²) in [7, 11) is -2.87. The minimum atomic E-state index is -4.18. The van der Waals surface area contributed by atoms with Crippen LogP contribution in [0.25, 0.3) is 11.1 Å². The Morgan fingerprint density at radius 1 is 1.07 bits per heavy atom. The van der Waals surface area contributed by atoms with Crippen molar-refractivity contribution in [3.8, 4) is 5.75 Å². The van der Waals surface area contributed by atoms with E-state index in [1.165, 1.54) is 36.3 Å². The smallest absolute Gasteiger partial charge is 0.387 e. The molecule has 0 saturated carbocycles. The molecule has 2 unspecified atom stereocenters. The lowest BCUT2D eigenvalue weighted by Gasteiger charge is -2.28. The van der Waals surface area contributed by atoms with E-state index in [0.29, 0.717) is 11.1 Å². The quantitative estimate of drug-likeness (QED) is 0.265. The largest absolute Gasteiger partial charge is 0.435 e. The number of morpholine rings is 1. The normalized spacial score (nSPS) is 15.3. The SMILES string of the molecule is COCC(NC(=O)C(CC(=O)N1CCOCC1)CS(=O)(=O)Cc1ccccc1OC(F)F)C(=O)c1nc2ccccc2o1. The Hall–Kier alpha value is -3.95. The summed E-state index contributed by atoms with van der Waals surface area (Å²) in [6.07, 6.45) is -0.489. The number of oxazole rings is 1. The predicted octanol–water partition coefficient (Wildman–Crippen LogP) is 2.22. The van der Waals surface area contributed by atoms with Crippen LogP contribution in [-0.2, 0) is 34.7 Å². The van der Waals surface area contributed by atoms with Crippen molar-refractivity contribution in [3.05, 3.63) is 60.0 Å². The van der Waals surface area contributed by atoms with Crippen molar-refractivity contribution in [3.63, 3.8) is 0 Å². The molecule has 12 nitrogen and oxygen atoms in total. The Morgan fingerprint density at radius 3 is 2.47 bits per heavy atom. The highest BCUT2D eigenvalue weighted by Crippen LogP contribution is 2.24. The topological polar surface area (TPSA) is 154 Å². The third-order valence-electron chi connectivity index (χ3n) is 6.65. The highest BCUT2D eigenvalue weighted by Gasteiger charge is 2.34. The summed E-state index contributed by atoms with van der Waals surface area (Å²) in [5.41, 5.74) is 0.735. The van der Waals surface area contributed by atoms with Gasteiger partial charge in [-0.25, -0.2) is 13.4 Å². The van der Waals surface area contributed by atoms with Crippen LogP contribution >= 0.6 is 0 Å². The van der Waals surface area contributed by atoms with E-state index in [1.54, 1.807) is 24.3 Å². The number of halogens is 2. The van der Waals surface area contributed by atoms with E-state index in [0.717, 1.165) is 0 Å². The minimum Gasteiger partial charge on any atom is -0.435 e. The summed E-state index contributed by atoms with van der Waals surface area (Å²) in [5.74, 6) is -5.67. The van der Waals surface area contributed by atoms with Crippen molar-refractivity contribution in [2.45, 2.75) is 24.8 Å². The van der Waals surface area contributed by atoms with Crippen molar-refractivity contribution in [2.24, 2.45) is 5.92 Å². The lowest BCUT2D eigenvalue weighted by atomic mass is 10.0. The van der Waals surface area contributed by atoms with E-state index in [9.17, 15) is 31.6 Å². The van der Waals surface area contributed by atoms with Gasteiger partial charge in [0.1, 0.15) is 17.3 Å². The number of amides is 2. The van der Waals surface area contributed by atoms with Gasteiger partial charge in [-0.05, 0) is 18.2 Å². The number of benzene rings is 2. The number of Topliss-reactive ketones (excluding diaryl/α,β-unsaturated/α-hetero) is 1. The lowest BCUT2D eigenvalue weighted by Crippen LogP contribution is -2.49. The molecule has 2 heterocycles. The van der Waals surface area contributed by atoms with E-state index < -0.39 is 63.9 Å². The molecule has 1 aromatic heterocycles. The maximum Gasteiger partial charge on any atom is 0.387 e. The molecule has 0 radical (unpaired) electrons. The zero-order chi connectivity index (χ0) is 31.0. The molecule has 2 atom stereocenters. The van der Waals surface area contributed by atoms with Gasteiger partial charge < -0.3 is 28.8 Å². The molecule has 15 heteroatoms. The number of para-hydroxylation sites is 3. The molecule has 232 valence electrons. The number of alkyl halides is 2. The first-order valence-corrected chi connectivity index (χ1v) is 15.2. The van der Waals surface area contributed by atoms with Crippen LogP contribution in [0.4, 0.5) is 8.78 Å². The van der Waals surface area contributed by atoms with Gasteiger partial charge in [0.2, 0.25) is 17.6 Å².